The zero-order chi connectivity index (χ0) is 15.1. The van der Waals surface area contributed by atoms with E-state index in [1.54, 1.807) is 0 Å². The highest BCUT2D eigenvalue weighted by atomic mass is 16.5. The Labute approximate surface area is 118 Å². The number of aliphatic carboxylic acids is 1. The van der Waals surface area contributed by atoms with E-state index < -0.39 is 18.1 Å². The molecule has 1 amide bonds. The van der Waals surface area contributed by atoms with Crippen LogP contribution in [0.25, 0.3) is 0 Å². The molecule has 0 radical (unpaired) electrons. The molecule has 0 aliphatic rings. The predicted molar refractivity (Wildman–Crippen MR) is 75.2 cm³/mol. The van der Waals surface area contributed by atoms with Crippen molar-refractivity contribution in [2.75, 3.05) is 0 Å². The molecule has 0 saturated heterocycles. The molecular formula is C15H19NO4. The van der Waals surface area contributed by atoms with Crippen LogP contribution in [0, 0.1) is 5.92 Å². The van der Waals surface area contributed by atoms with E-state index in [-0.39, 0.29) is 12.5 Å². The van der Waals surface area contributed by atoms with Gasteiger partial charge < -0.3 is 15.2 Å². The number of rotatable bonds is 6. The molecule has 0 spiro atoms. The van der Waals surface area contributed by atoms with Crippen LogP contribution in [0.3, 0.4) is 0 Å². The first kappa shape index (κ1) is 15.8. The van der Waals surface area contributed by atoms with E-state index in [9.17, 15) is 9.59 Å². The van der Waals surface area contributed by atoms with Crippen LogP contribution in [-0.2, 0) is 16.1 Å². The summed E-state index contributed by atoms with van der Waals surface area (Å²) in [4.78, 5) is 22.7. The van der Waals surface area contributed by atoms with Crippen molar-refractivity contribution in [1.29, 1.82) is 0 Å². The maximum atomic E-state index is 11.6. The zero-order valence-corrected chi connectivity index (χ0v) is 11.6. The van der Waals surface area contributed by atoms with E-state index in [2.05, 4.69) is 11.9 Å². The van der Waals surface area contributed by atoms with Crippen LogP contribution < -0.4 is 5.32 Å². The molecule has 0 bridgehead atoms. The highest BCUT2D eigenvalue weighted by Gasteiger charge is 2.25. The van der Waals surface area contributed by atoms with Crippen LogP contribution >= 0.6 is 0 Å². The minimum absolute atomic E-state index is 0.0504. The lowest BCUT2D eigenvalue weighted by Crippen LogP contribution is -2.43. The molecule has 1 rings (SSSR count). The number of hydrogen-bond donors (Lipinski definition) is 2. The first-order valence-corrected chi connectivity index (χ1v) is 6.30. The molecule has 0 saturated carbocycles. The summed E-state index contributed by atoms with van der Waals surface area (Å²) in [6.07, 6.45) is -0.775. The van der Waals surface area contributed by atoms with E-state index >= 15 is 0 Å². The molecule has 0 heterocycles. The largest absolute Gasteiger partial charge is 0.479 e. The van der Waals surface area contributed by atoms with Gasteiger partial charge in [0, 0.05) is 0 Å². The third-order valence-corrected chi connectivity index (χ3v) is 2.83. The molecule has 0 fully saturated rings. The smallest absolute Gasteiger partial charge is 0.408 e. The Balaban J connectivity index is 2.55. The summed E-state index contributed by atoms with van der Waals surface area (Å²) in [6, 6.07) is 8.01. The van der Waals surface area contributed by atoms with Gasteiger partial charge >= 0.3 is 12.1 Å². The Hall–Kier alpha value is -2.30. The molecule has 5 heteroatoms. The summed E-state index contributed by atoms with van der Waals surface area (Å²) in [5, 5.41) is 11.4. The van der Waals surface area contributed by atoms with Gasteiger partial charge in [0.2, 0.25) is 0 Å². The van der Waals surface area contributed by atoms with Gasteiger partial charge in [-0.2, -0.15) is 0 Å². The maximum Gasteiger partial charge on any atom is 0.408 e. The lowest BCUT2D eigenvalue weighted by Gasteiger charge is -2.19. The van der Waals surface area contributed by atoms with E-state index in [4.69, 9.17) is 9.84 Å². The van der Waals surface area contributed by atoms with Crippen LogP contribution in [0.5, 0.6) is 0 Å². The SMILES string of the molecule is C=C(C(C)C)[C@H](NC(=O)OCc1ccccc1)C(=O)O. The van der Waals surface area contributed by atoms with Crippen molar-refractivity contribution in [3.05, 3.63) is 48.0 Å². The first-order chi connectivity index (χ1) is 9.41. The van der Waals surface area contributed by atoms with E-state index in [1.807, 2.05) is 44.2 Å². The Kier molecular flexibility index (Phi) is 5.77. The van der Waals surface area contributed by atoms with Crippen LogP contribution in [0.15, 0.2) is 42.5 Å². The monoisotopic (exact) mass is 277 g/mol. The van der Waals surface area contributed by atoms with Crippen LogP contribution in [0.4, 0.5) is 4.79 Å². The maximum absolute atomic E-state index is 11.6. The van der Waals surface area contributed by atoms with Crippen LogP contribution in [0.2, 0.25) is 0 Å². The summed E-state index contributed by atoms with van der Waals surface area (Å²) >= 11 is 0. The third kappa shape index (κ3) is 4.76. The number of carbonyl (C=O) groups excluding carboxylic acids is 1. The fraction of sp³-hybridized carbons (Fsp3) is 0.333. The van der Waals surface area contributed by atoms with Gasteiger partial charge in [-0.05, 0) is 17.1 Å². The number of ether oxygens (including phenoxy) is 1. The topological polar surface area (TPSA) is 75.6 Å². The normalized spacial score (nSPS) is 11.8. The zero-order valence-electron chi connectivity index (χ0n) is 11.6. The van der Waals surface area contributed by atoms with Crippen molar-refractivity contribution in [2.24, 2.45) is 5.92 Å². The quantitative estimate of drug-likeness (QED) is 0.784. The third-order valence-electron chi connectivity index (χ3n) is 2.83. The van der Waals surface area contributed by atoms with Gasteiger partial charge in [-0.1, -0.05) is 50.8 Å². The van der Waals surface area contributed by atoms with Crippen molar-refractivity contribution in [3.63, 3.8) is 0 Å². The van der Waals surface area contributed by atoms with E-state index in [0.29, 0.717) is 5.57 Å². The van der Waals surface area contributed by atoms with E-state index in [1.165, 1.54) is 0 Å². The number of alkyl carbamates (subject to hydrolysis) is 1. The summed E-state index contributed by atoms with van der Waals surface area (Å²) in [6.45, 7) is 7.42. The molecule has 1 aromatic rings. The lowest BCUT2D eigenvalue weighted by molar-refractivity contribution is -0.138. The van der Waals surface area contributed by atoms with Crippen molar-refractivity contribution >= 4 is 12.1 Å². The first-order valence-electron chi connectivity index (χ1n) is 6.30. The van der Waals surface area contributed by atoms with Crippen molar-refractivity contribution < 1.29 is 19.4 Å². The molecular weight excluding hydrogens is 258 g/mol. The summed E-state index contributed by atoms with van der Waals surface area (Å²) < 4.78 is 4.98. The van der Waals surface area contributed by atoms with Crippen LogP contribution in [0.1, 0.15) is 19.4 Å². The lowest BCUT2D eigenvalue weighted by atomic mass is 9.98. The second-order valence-electron chi connectivity index (χ2n) is 4.71. The molecule has 1 atom stereocenters. The Bertz CT molecular complexity index is 482. The van der Waals surface area contributed by atoms with E-state index in [0.717, 1.165) is 5.56 Å². The molecule has 0 aromatic heterocycles. The summed E-state index contributed by atoms with van der Waals surface area (Å²) in [7, 11) is 0. The van der Waals surface area contributed by atoms with Crippen molar-refractivity contribution in [3.8, 4) is 0 Å². The Morgan fingerprint density at radius 2 is 1.90 bits per heavy atom. The molecule has 2 N–H and O–H groups in total. The number of benzene rings is 1. The molecule has 0 aliphatic carbocycles. The van der Waals surface area contributed by atoms with Crippen molar-refractivity contribution in [2.45, 2.75) is 26.5 Å². The van der Waals surface area contributed by atoms with Gasteiger partial charge in [-0.3, -0.25) is 0 Å². The fourth-order valence-electron chi connectivity index (χ4n) is 1.53. The van der Waals surface area contributed by atoms with Gasteiger partial charge in [0.25, 0.3) is 0 Å². The molecule has 1 aromatic carbocycles. The minimum Gasteiger partial charge on any atom is -0.479 e. The number of amides is 1. The predicted octanol–water partition coefficient (Wildman–Crippen LogP) is 2.58. The number of nitrogens with one attached hydrogen (secondary N) is 1. The second kappa shape index (κ2) is 7.33. The number of carboxylic acids is 1. The molecule has 20 heavy (non-hydrogen) atoms. The van der Waals surface area contributed by atoms with Gasteiger partial charge in [0.1, 0.15) is 6.61 Å². The number of hydrogen-bond acceptors (Lipinski definition) is 3. The molecule has 108 valence electrons. The summed E-state index contributed by atoms with van der Waals surface area (Å²) in [5.74, 6) is -1.20. The van der Waals surface area contributed by atoms with Gasteiger partial charge in [0.05, 0.1) is 0 Å². The Morgan fingerprint density at radius 3 is 2.40 bits per heavy atom. The van der Waals surface area contributed by atoms with Gasteiger partial charge in [-0.25, -0.2) is 9.59 Å². The Morgan fingerprint density at radius 1 is 1.30 bits per heavy atom. The van der Waals surface area contributed by atoms with Crippen molar-refractivity contribution in [1.82, 2.24) is 5.32 Å². The fourth-order valence-corrected chi connectivity index (χ4v) is 1.53. The number of carboxylic acid groups (broad SMARTS) is 1. The highest BCUT2D eigenvalue weighted by Crippen LogP contribution is 2.12. The second-order valence-corrected chi connectivity index (χ2v) is 4.71. The highest BCUT2D eigenvalue weighted by molar-refractivity contribution is 5.83. The molecule has 5 nitrogen and oxygen atoms in total. The van der Waals surface area contributed by atoms with Gasteiger partial charge in [-0.15, -0.1) is 0 Å². The number of carbonyl (C=O) groups is 2. The van der Waals surface area contributed by atoms with Crippen LogP contribution in [-0.4, -0.2) is 23.2 Å². The standard InChI is InChI=1S/C15H19NO4/c1-10(2)11(3)13(14(17)18)16-15(19)20-9-12-7-5-4-6-8-12/h4-8,10,13H,3,9H2,1-2H3,(H,16,19)(H,17,18)/t13-/m0/s1. The van der Waals surface area contributed by atoms with Gasteiger partial charge in [0.15, 0.2) is 6.04 Å². The summed E-state index contributed by atoms with van der Waals surface area (Å²) in [5.41, 5.74) is 1.26. The average molecular weight is 277 g/mol. The average Bonchev–Trinajstić information content (AvgIpc) is 2.42. The molecule has 0 unspecified atom stereocenters. The molecule has 0 aliphatic heterocycles. The minimum atomic E-state index is -1.15.